The van der Waals surface area contributed by atoms with Crippen LogP contribution in [-0.2, 0) is 4.79 Å². The number of carboxylic acids is 1. The van der Waals surface area contributed by atoms with Crippen LogP contribution in [-0.4, -0.2) is 39.6 Å². The van der Waals surface area contributed by atoms with Gasteiger partial charge in [0.05, 0.1) is 12.7 Å². The Morgan fingerprint density at radius 3 is 2.83 bits per heavy atom. The molecular formula is C12H13NO4S. The maximum Gasteiger partial charge on any atom is 0.332 e. The maximum absolute atomic E-state index is 11.1. The second-order valence-electron chi connectivity index (χ2n) is 4.14. The summed E-state index contributed by atoms with van der Waals surface area (Å²) in [7, 11) is 1.46. The number of hydrogen-bond acceptors (Lipinski definition) is 5. The molecule has 0 saturated carbocycles. The number of methoxy groups -OCH3 is 1. The van der Waals surface area contributed by atoms with E-state index in [0.717, 1.165) is 0 Å². The van der Waals surface area contributed by atoms with E-state index < -0.39 is 11.5 Å². The molecule has 1 heterocycles. The molecule has 0 aromatic heterocycles. The van der Waals surface area contributed by atoms with E-state index in [1.54, 1.807) is 25.1 Å². The number of thioether (sulfide) groups is 1. The van der Waals surface area contributed by atoms with Crippen molar-refractivity contribution in [2.45, 2.75) is 12.5 Å². The summed E-state index contributed by atoms with van der Waals surface area (Å²) in [6.07, 6.45) is 0. The van der Waals surface area contributed by atoms with Crippen molar-refractivity contribution in [1.82, 2.24) is 0 Å². The molecule has 1 aromatic carbocycles. The lowest BCUT2D eigenvalue weighted by molar-refractivity contribution is -0.141. The van der Waals surface area contributed by atoms with Crippen LogP contribution >= 0.6 is 11.8 Å². The molecule has 6 heteroatoms. The van der Waals surface area contributed by atoms with E-state index in [4.69, 9.17) is 9.84 Å². The fraction of sp³-hybridized carbons (Fsp3) is 0.333. The van der Waals surface area contributed by atoms with Gasteiger partial charge >= 0.3 is 5.97 Å². The van der Waals surface area contributed by atoms with Gasteiger partial charge in [0, 0.05) is 5.75 Å². The van der Waals surface area contributed by atoms with Crippen molar-refractivity contribution in [3.05, 3.63) is 23.8 Å². The molecule has 96 valence electrons. The Balaban J connectivity index is 2.43. The first-order valence-corrected chi connectivity index (χ1v) is 6.29. The summed E-state index contributed by atoms with van der Waals surface area (Å²) >= 11 is 1.32. The molecule has 0 radical (unpaired) electrons. The van der Waals surface area contributed by atoms with Crippen molar-refractivity contribution in [2.75, 3.05) is 12.9 Å². The van der Waals surface area contributed by atoms with E-state index in [2.05, 4.69) is 4.99 Å². The predicted octanol–water partition coefficient (Wildman–Crippen LogP) is 1.74. The molecule has 2 rings (SSSR count). The van der Waals surface area contributed by atoms with Crippen LogP contribution in [0.25, 0.3) is 0 Å². The van der Waals surface area contributed by atoms with E-state index in [1.807, 2.05) is 0 Å². The normalized spacial score (nSPS) is 22.7. The number of aliphatic imine (C=N–C) groups is 1. The van der Waals surface area contributed by atoms with E-state index in [-0.39, 0.29) is 5.75 Å². The highest BCUT2D eigenvalue weighted by Gasteiger charge is 2.39. The molecule has 0 unspecified atom stereocenters. The Bertz CT molecular complexity index is 529. The lowest BCUT2D eigenvalue weighted by atomic mass is 10.1. The number of phenolic OH excluding ortho intramolecular Hbond substituents is 1. The largest absolute Gasteiger partial charge is 0.504 e. The number of rotatable bonds is 3. The number of ether oxygens (including phenoxy) is 1. The van der Waals surface area contributed by atoms with Crippen LogP contribution in [0, 0.1) is 0 Å². The molecule has 1 aliphatic heterocycles. The Hall–Kier alpha value is -1.69. The number of carbonyl (C=O) groups is 1. The SMILES string of the molecule is COc1cccc(C2=N[C@@](C)(C(=O)O)CS2)c1O. The molecule has 0 bridgehead atoms. The lowest BCUT2D eigenvalue weighted by Gasteiger charge is -2.11. The smallest absolute Gasteiger partial charge is 0.332 e. The van der Waals surface area contributed by atoms with Crippen LogP contribution in [0.3, 0.4) is 0 Å². The molecule has 0 spiro atoms. The molecular weight excluding hydrogens is 254 g/mol. The van der Waals surface area contributed by atoms with Crippen molar-refractivity contribution in [3.8, 4) is 11.5 Å². The minimum absolute atomic E-state index is 0.0131. The standard InChI is InChI=1S/C12H13NO4S/c1-12(11(15)16)6-18-10(13-12)7-4-3-5-8(17-2)9(7)14/h3-5,14H,6H2,1-2H3,(H,15,16)/t12-/m1/s1. The first-order chi connectivity index (χ1) is 8.48. The van der Waals surface area contributed by atoms with Gasteiger partial charge in [0.1, 0.15) is 5.04 Å². The minimum atomic E-state index is -1.13. The number of aliphatic carboxylic acids is 1. The number of phenols is 1. The van der Waals surface area contributed by atoms with Gasteiger partial charge in [-0.2, -0.15) is 0 Å². The molecule has 18 heavy (non-hydrogen) atoms. The molecule has 0 saturated heterocycles. The first kappa shape index (κ1) is 12.8. The zero-order valence-corrected chi connectivity index (χ0v) is 10.8. The molecule has 1 atom stereocenters. The summed E-state index contributed by atoms with van der Waals surface area (Å²) in [5.41, 5.74) is -0.625. The van der Waals surface area contributed by atoms with Crippen molar-refractivity contribution in [1.29, 1.82) is 0 Å². The number of nitrogens with zero attached hydrogens (tertiary/aromatic N) is 1. The summed E-state index contributed by atoms with van der Waals surface area (Å²) in [6.45, 7) is 1.56. The fourth-order valence-electron chi connectivity index (χ4n) is 1.60. The highest BCUT2D eigenvalue weighted by molar-refractivity contribution is 8.14. The zero-order valence-electron chi connectivity index (χ0n) is 10.0. The molecule has 5 nitrogen and oxygen atoms in total. The van der Waals surface area contributed by atoms with Gasteiger partial charge in [0.15, 0.2) is 17.0 Å². The van der Waals surface area contributed by atoms with Crippen LogP contribution in [0.5, 0.6) is 11.5 Å². The Morgan fingerprint density at radius 1 is 1.56 bits per heavy atom. The van der Waals surface area contributed by atoms with Gasteiger partial charge < -0.3 is 14.9 Å². The van der Waals surface area contributed by atoms with Gasteiger partial charge in [-0.05, 0) is 19.1 Å². The topological polar surface area (TPSA) is 79.1 Å². The monoisotopic (exact) mass is 267 g/mol. The van der Waals surface area contributed by atoms with Gasteiger partial charge in [0.2, 0.25) is 0 Å². The summed E-state index contributed by atoms with van der Waals surface area (Å²) in [5, 5.41) is 19.6. The van der Waals surface area contributed by atoms with E-state index >= 15 is 0 Å². The molecule has 0 fully saturated rings. The number of hydrogen-bond donors (Lipinski definition) is 2. The third kappa shape index (κ3) is 2.03. The van der Waals surface area contributed by atoms with Crippen molar-refractivity contribution in [2.24, 2.45) is 4.99 Å². The molecule has 2 N–H and O–H groups in total. The average Bonchev–Trinajstić information content (AvgIpc) is 2.73. The predicted molar refractivity (Wildman–Crippen MR) is 69.7 cm³/mol. The van der Waals surface area contributed by atoms with E-state index in [0.29, 0.717) is 22.1 Å². The number of aromatic hydroxyl groups is 1. The summed E-state index contributed by atoms with van der Waals surface area (Å²) in [5.74, 6) is -0.276. The van der Waals surface area contributed by atoms with Crippen LogP contribution < -0.4 is 4.74 Å². The maximum atomic E-state index is 11.1. The van der Waals surface area contributed by atoms with Gasteiger partial charge in [-0.25, -0.2) is 4.79 Å². The van der Waals surface area contributed by atoms with Crippen LogP contribution in [0.1, 0.15) is 12.5 Å². The summed E-state index contributed by atoms with van der Waals surface area (Å²) in [4.78, 5) is 15.3. The second-order valence-corrected chi connectivity index (χ2v) is 5.11. The number of para-hydroxylation sites is 1. The van der Waals surface area contributed by atoms with Crippen molar-refractivity contribution < 1.29 is 19.7 Å². The lowest BCUT2D eigenvalue weighted by Crippen LogP contribution is -2.33. The first-order valence-electron chi connectivity index (χ1n) is 5.30. The van der Waals surface area contributed by atoms with E-state index in [9.17, 15) is 9.90 Å². The van der Waals surface area contributed by atoms with Gasteiger partial charge in [-0.15, -0.1) is 11.8 Å². The second kappa shape index (κ2) is 4.53. The molecule has 1 aliphatic rings. The molecule has 0 amide bonds. The third-order valence-electron chi connectivity index (χ3n) is 2.75. The van der Waals surface area contributed by atoms with Gasteiger partial charge in [-0.1, -0.05) is 6.07 Å². The zero-order chi connectivity index (χ0) is 13.3. The molecule has 0 aliphatic carbocycles. The van der Waals surface area contributed by atoms with Crippen molar-refractivity contribution >= 4 is 22.8 Å². The minimum Gasteiger partial charge on any atom is -0.504 e. The highest BCUT2D eigenvalue weighted by Crippen LogP contribution is 2.37. The Labute approximate surface area is 108 Å². The van der Waals surface area contributed by atoms with Crippen LogP contribution in [0.15, 0.2) is 23.2 Å². The fourth-order valence-corrected chi connectivity index (χ4v) is 2.80. The van der Waals surface area contributed by atoms with Crippen LogP contribution in [0.2, 0.25) is 0 Å². The third-order valence-corrected chi connectivity index (χ3v) is 4.04. The number of benzene rings is 1. The average molecular weight is 267 g/mol. The summed E-state index contributed by atoms with van der Waals surface area (Å²) in [6, 6.07) is 5.06. The number of carboxylic acid groups (broad SMARTS) is 1. The van der Waals surface area contributed by atoms with Gasteiger partial charge in [-0.3, -0.25) is 4.99 Å². The van der Waals surface area contributed by atoms with E-state index in [1.165, 1.54) is 18.9 Å². The van der Waals surface area contributed by atoms with Crippen molar-refractivity contribution in [3.63, 3.8) is 0 Å². The Morgan fingerprint density at radius 2 is 2.28 bits per heavy atom. The molecule has 1 aromatic rings. The summed E-state index contributed by atoms with van der Waals surface area (Å²) < 4.78 is 5.01. The quantitative estimate of drug-likeness (QED) is 0.872. The van der Waals surface area contributed by atoms with Gasteiger partial charge in [0.25, 0.3) is 0 Å². The Kier molecular flexibility index (Phi) is 3.21. The van der Waals surface area contributed by atoms with Crippen LogP contribution in [0.4, 0.5) is 0 Å². The highest BCUT2D eigenvalue weighted by atomic mass is 32.2.